The molecule has 1 unspecified atom stereocenters. The zero-order valence-electron chi connectivity index (χ0n) is 10.4. The zero-order valence-corrected chi connectivity index (χ0v) is 11.2. The summed E-state index contributed by atoms with van der Waals surface area (Å²) >= 11 is 0. The Morgan fingerprint density at radius 3 is 2.74 bits per heavy atom. The maximum Gasteiger partial charge on any atom is 0.224 e. The molecule has 0 radical (unpaired) electrons. The molecule has 1 aromatic carbocycles. The van der Waals surface area contributed by atoms with Crippen LogP contribution in [-0.2, 0) is 21.1 Å². The summed E-state index contributed by atoms with van der Waals surface area (Å²) in [6.45, 7) is 0.316. The minimum Gasteiger partial charge on any atom is -0.356 e. The molecule has 1 fully saturated rings. The van der Waals surface area contributed by atoms with Gasteiger partial charge < -0.3 is 5.32 Å². The molecule has 0 aromatic heterocycles. The van der Waals surface area contributed by atoms with Crippen LogP contribution in [0.2, 0.25) is 0 Å². The van der Waals surface area contributed by atoms with Crippen LogP contribution in [0.25, 0.3) is 0 Å². The predicted molar refractivity (Wildman–Crippen MR) is 69.9 cm³/mol. The van der Waals surface area contributed by atoms with E-state index in [0.29, 0.717) is 24.9 Å². The van der Waals surface area contributed by atoms with Gasteiger partial charge in [-0.05, 0) is 24.5 Å². The number of halogens is 1. The van der Waals surface area contributed by atoms with Crippen molar-refractivity contribution in [2.24, 2.45) is 5.92 Å². The first-order valence-corrected chi connectivity index (χ1v) is 8.01. The van der Waals surface area contributed by atoms with Gasteiger partial charge in [-0.15, -0.1) is 0 Å². The van der Waals surface area contributed by atoms with Crippen LogP contribution in [-0.4, -0.2) is 32.4 Å². The van der Waals surface area contributed by atoms with Gasteiger partial charge in [0, 0.05) is 6.54 Å². The molecule has 1 aromatic rings. The highest BCUT2D eigenvalue weighted by Crippen LogP contribution is 2.18. The quantitative estimate of drug-likeness (QED) is 0.894. The largest absolute Gasteiger partial charge is 0.356 e. The van der Waals surface area contributed by atoms with E-state index in [0.717, 1.165) is 0 Å². The monoisotopic (exact) mass is 285 g/mol. The number of carbonyl (C=O) groups is 1. The van der Waals surface area contributed by atoms with Crippen LogP contribution in [0.1, 0.15) is 12.0 Å². The zero-order chi connectivity index (χ0) is 13.9. The van der Waals surface area contributed by atoms with Crippen LogP contribution >= 0.6 is 0 Å². The fraction of sp³-hybridized carbons (Fsp3) is 0.462. The molecule has 0 bridgehead atoms. The Kier molecular flexibility index (Phi) is 4.19. The molecule has 1 aliphatic rings. The van der Waals surface area contributed by atoms with Crippen molar-refractivity contribution in [2.75, 3.05) is 18.1 Å². The van der Waals surface area contributed by atoms with Crippen LogP contribution in [0, 0.1) is 11.7 Å². The summed E-state index contributed by atoms with van der Waals surface area (Å²) in [6, 6.07) is 6.40. The lowest BCUT2D eigenvalue weighted by Crippen LogP contribution is -2.32. The molecule has 1 N–H and O–H groups in total. The van der Waals surface area contributed by atoms with Gasteiger partial charge in [0.2, 0.25) is 5.91 Å². The average molecular weight is 285 g/mol. The molecule has 0 saturated carbocycles. The summed E-state index contributed by atoms with van der Waals surface area (Å²) in [6.07, 6.45) is 0.783. The van der Waals surface area contributed by atoms with E-state index in [2.05, 4.69) is 5.32 Å². The minimum absolute atomic E-state index is 0.0709. The van der Waals surface area contributed by atoms with Crippen molar-refractivity contribution < 1.29 is 17.6 Å². The normalized spacial score (nSPS) is 21.2. The van der Waals surface area contributed by atoms with E-state index in [1.165, 1.54) is 6.07 Å². The van der Waals surface area contributed by atoms with Crippen molar-refractivity contribution in [2.45, 2.75) is 12.8 Å². The number of nitrogens with one attached hydrogen (secondary N) is 1. The molecule has 1 saturated heterocycles. The van der Waals surface area contributed by atoms with Gasteiger partial charge >= 0.3 is 0 Å². The van der Waals surface area contributed by atoms with E-state index in [1.807, 2.05) is 0 Å². The van der Waals surface area contributed by atoms with Gasteiger partial charge in [-0.25, -0.2) is 12.8 Å². The van der Waals surface area contributed by atoms with Crippen molar-refractivity contribution in [3.05, 3.63) is 35.6 Å². The van der Waals surface area contributed by atoms with E-state index in [-0.39, 0.29) is 23.2 Å². The topological polar surface area (TPSA) is 63.2 Å². The maximum atomic E-state index is 13.3. The van der Waals surface area contributed by atoms with Crippen molar-refractivity contribution in [3.8, 4) is 0 Å². The molecule has 6 heteroatoms. The van der Waals surface area contributed by atoms with Gasteiger partial charge in [-0.2, -0.15) is 0 Å². The van der Waals surface area contributed by atoms with Gasteiger partial charge in [-0.3, -0.25) is 4.79 Å². The van der Waals surface area contributed by atoms with Crippen molar-refractivity contribution in [1.82, 2.24) is 5.32 Å². The highest BCUT2D eigenvalue weighted by Gasteiger charge is 2.32. The van der Waals surface area contributed by atoms with Crippen LogP contribution in [0.3, 0.4) is 0 Å². The number of rotatable bonds is 4. The molecule has 1 atom stereocenters. The number of hydrogen-bond acceptors (Lipinski definition) is 3. The molecule has 1 amide bonds. The summed E-state index contributed by atoms with van der Waals surface area (Å²) in [5.74, 6) is -0.986. The summed E-state index contributed by atoms with van der Waals surface area (Å²) in [5, 5.41) is 2.67. The van der Waals surface area contributed by atoms with Gasteiger partial charge in [0.05, 0.1) is 17.4 Å². The highest BCUT2D eigenvalue weighted by atomic mass is 32.2. The van der Waals surface area contributed by atoms with Crippen LogP contribution in [0.15, 0.2) is 24.3 Å². The smallest absolute Gasteiger partial charge is 0.224 e. The molecular formula is C13H16FNO3S. The highest BCUT2D eigenvalue weighted by molar-refractivity contribution is 7.91. The third-order valence-electron chi connectivity index (χ3n) is 3.25. The van der Waals surface area contributed by atoms with Gasteiger partial charge in [0.15, 0.2) is 9.84 Å². The number of benzene rings is 1. The van der Waals surface area contributed by atoms with Gasteiger partial charge in [0.1, 0.15) is 5.82 Å². The second-order valence-corrected chi connectivity index (χ2v) is 6.96. The van der Waals surface area contributed by atoms with Crippen LogP contribution < -0.4 is 5.32 Å². The fourth-order valence-electron chi connectivity index (χ4n) is 2.17. The third-order valence-corrected chi connectivity index (χ3v) is 5.02. The third kappa shape index (κ3) is 3.76. The molecule has 2 rings (SSSR count). The van der Waals surface area contributed by atoms with E-state index < -0.39 is 15.8 Å². The van der Waals surface area contributed by atoms with E-state index >= 15 is 0 Å². The number of amides is 1. The molecular weight excluding hydrogens is 269 g/mol. The average Bonchev–Trinajstić information content (AvgIpc) is 2.72. The van der Waals surface area contributed by atoms with E-state index in [9.17, 15) is 17.6 Å². The lowest BCUT2D eigenvalue weighted by atomic mass is 10.1. The van der Waals surface area contributed by atoms with Gasteiger partial charge in [0.25, 0.3) is 0 Å². The summed E-state index contributed by atoms with van der Waals surface area (Å²) in [4.78, 5) is 11.7. The summed E-state index contributed by atoms with van der Waals surface area (Å²) in [7, 11) is -3.05. The van der Waals surface area contributed by atoms with E-state index in [1.54, 1.807) is 18.2 Å². The van der Waals surface area contributed by atoms with Crippen molar-refractivity contribution in [3.63, 3.8) is 0 Å². The van der Waals surface area contributed by atoms with Crippen LogP contribution in [0.5, 0.6) is 0 Å². The molecule has 0 aliphatic carbocycles. The second-order valence-electron chi connectivity index (χ2n) is 4.73. The molecule has 4 nitrogen and oxygen atoms in total. The summed E-state index contributed by atoms with van der Waals surface area (Å²) < 4.78 is 35.8. The lowest BCUT2D eigenvalue weighted by Gasteiger charge is -2.09. The Hall–Kier alpha value is -1.43. The first kappa shape index (κ1) is 14.0. The maximum absolute atomic E-state index is 13.3. The number of hydrogen-bond donors (Lipinski definition) is 1. The Morgan fingerprint density at radius 2 is 2.11 bits per heavy atom. The summed E-state index contributed by atoms with van der Waals surface area (Å²) in [5.41, 5.74) is 0.543. The van der Waals surface area contributed by atoms with Gasteiger partial charge in [-0.1, -0.05) is 18.2 Å². The Labute approximate surface area is 111 Å². The molecule has 1 aliphatic heterocycles. The standard InChI is InChI=1S/C13H16FNO3S/c14-12-4-2-1-3-10(12)5-7-15-13(16)11-6-8-19(17,18)9-11/h1-4,11H,5-9H2,(H,15,16). The van der Waals surface area contributed by atoms with Crippen molar-refractivity contribution in [1.29, 1.82) is 0 Å². The van der Waals surface area contributed by atoms with Crippen LogP contribution in [0.4, 0.5) is 4.39 Å². The SMILES string of the molecule is O=C(NCCc1ccccc1F)C1CCS(=O)(=O)C1. The Balaban J connectivity index is 1.80. The Morgan fingerprint density at radius 1 is 1.37 bits per heavy atom. The first-order valence-electron chi connectivity index (χ1n) is 6.19. The lowest BCUT2D eigenvalue weighted by molar-refractivity contribution is -0.124. The molecule has 1 heterocycles. The Bertz CT molecular complexity index is 571. The number of sulfone groups is 1. The first-order chi connectivity index (χ1) is 8.98. The van der Waals surface area contributed by atoms with Crippen molar-refractivity contribution >= 4 is 15.7 Å². The predicted octanol–water partition coefficient (Wildman–Crippen LogP) is 0.919. The molecule has 19 heavy (non-hydrogen) atoms. The number of carbonyl (C=O) groups excluding carboxylic acids is 1. The molecule has 104 valence electrons. The van der Waals surface area contributed by atoms with E-state index in [4.69, 9.17) is 0 Å². The minimum atomic E-state index is -3.05. The molecule has 0 spiro atoms. The fourth-order valence-corrected chi connectivity index (χ4v) is 3.91. The second kappa shape index (κ2) is 5.69.